The summed E-state index contributed by atoms with van der Waals surface area (Å²) in [5.74, 6) is 1.68. The number of nitrogens with one attached hydrogen (secondary N) is 1. The first-order valence-electron chi connectivity index (χ1n) is 14.7. The van der Waals surface area contributed by atoms with Gasteiger partial charge in [0.2, 0.25) is 5.91 Å². The Bertz CT molecular complexity index is 551. The maximum Gasteiger partial charge on any atom is 0.236 e. The van der Waals surface area contributed by atoms with E-state index in [0.717, 1.165) is 24.7 Å². The van der Waals surface area contributed by atoms with Crippen LogP contribution in [0.3, 0.4) is 0 Å². The number of nitrogens with two attached hydrogens (primary N) is 2. The molecule has 38 heavy (non-hydrogen) atoms. The Morgan fingerprint density at radius 3 is 1.82 bits per heavy atom. The molecule has 0 saturated heterocycles. The lowest BCUT2D eigenvalue weighted by molar-refractivity contribution is -0.122. The van der Waals surface area contributed by atoms with Crippen molar-refractivity contribution in [3.8, 4) is 0 Å². The largest absolute Gasteiger partial charge is 0.388 e. The topological polar surface area (TPSA) is 130 Å². The highest BCUT2D eigenvalue weighted by atomic mass is 32.2. The van der Waals surface area contributed by atoms with Gasteiger partial charge in [0.25, 0.3) is 0 Å². The number of unbranched alkanes of at least 4 members (excludes halogenated alkanes) is 7. The highest BCUT2D eigenvalue weighted by Crippen LogP contribution is 2.14. The van der Waals surface area contributed by atoms with Crippen molar-refractivity contribution in [3.05, 3.63) is 0 Å². The van der Waals surface area contributed by atoms with Gasteiger partial charge in [-0.1, -0.05) is 52.4 Å². The number of thioether (sulfide) groups is 1. The first kappa shape index (κ1) is 37.1. The summed E-state index contributed by atoms with van der Waals surface area (Å²) in [5.41, 5.74) is 11.3. The molecule has 226 valence electrons. The summed E-state index contributed by atoms with van der Waals surface area (Å²) in [6.45, 7) is 11.8. The SMILES string of the molecule is CC(N)=NCCCC(N)C(=O)NCCOCCOCCOCCOCCCCCCCCCCSC(C)C. The summed E-state index contributed by atoms with van der Waals surface area (Å²) in [4.78, 5) is 16.0. The Kier molecular flexibility index (Phi) is 28.4. The average molecular weight is 563 g/mol. The van der Waals surface area contributed by atoms with Gasteiger partial charge in [0.15, 0.2) is 0 Å². The molecule has 0 spiro atoms. The van der Waals surface area contributed by atoms with Crippen molar-refractivity contribution in [2.45, 2.75) is 96.3 Å². The third-order valence-corrected chi connectivity index (χ3v) is 6.86. The molecule has 9 nitrogen and oxygen atoms in total. The summed E-state index contributed by atoms with van der Waals surface area (Å²) >= 11 is 2.08. The molecule has 0 aromatic rings. The molecule has 0 saturated carbocycles. The van der Waals surface area contributed by atoms with Crippen LogP contribution in [0, 0.1) is 0 Å². The maximum absolute atomic E-state index is 11.9. The molecule has 0 bridgehead atoms. The van der Waals surface area contributed by atoms with Crippen molar-refractivity contribution in [3.63, 3.8) is 0 Å². The van der Waals surface area contributed by atoms with E-state index < -0.39 is 6.04 Å². The van der Waals surface area contributed by atoms with Crippen LogP contribution in [0.5, 0.6) is 0 Å². The van der Waals surface area contributed by atoms with Gasteiger partial charge >= 0.3 is 0 Å². The molecular weight excluding hydrogens is 504 g/mol. The fraction of sp³-hybridized carbons (Fsp3) is 0.929. The zero-order valence-electron chi connectivity index (χ0n) is 24.6. The van der Waals surface area contributed by atoms with Crippen LogP contribution in [-0.4, -0.2) is 94.7 Å². The molecule has 1 atom stereocenters. The van der Waals surface area contributed by atoms with Gasteiger partial charge in [-0.15, -0.1) is 0 Å². The lowest BCUT2D eigenvalue weighted by Gasteiger charge is -2.12. The number of hydrogen-bond acceptors (Lipinski definition) is 8. The number of carbonyl (C=O) groups is 1. The summed E-state index contributed by atoms with van der Waals surface area (Å²) in [7, 11) is 0. The van der Waals surface area contributed by atoms with Crippen molar-refractivity contribution in [2.75, 3.05) is 71.7 Å². The third kappa shape index (κ3) is 29.6. The number of amidine groups is 1. The third-order valence-electron chi connectivity index (χ3n) is 5.67. The molecule has 0 heterocycles. The summed E-state index contributed by atoms with van der Waals surface area (Å²) in [6.07, 6.45) is 11.9. The van der Waals surface area contributed by atoms with E-state index >= 15 is 0 Å². The number of aliphatic imine (C=N–C) groups is 1. The minimum absolute atomic E-state index is 0.174. The lowest BCUT2D eigenvalue weighted by Crippen LogP contribution is -2.41. The van der Waals surface area contributed by atoms with Crippen molar-refractivity contribution >= 4 is 23.5 Å². The van der Waals surface area contributed by atoms with Gasteiger partial charge in [-0.25, -0.2) is 0 Å². The molecule has 0 rings (SSSR count). The minimum atomic E-state index is -0.537. The zero-order valence-corrected chi connectivity index (χ0v) is 25.4. The quantitative estimate of drug-likeness (QED) is 0.0711. The predicted octanol–water partition coefficient (Wildman–Crippen LogP) is 3.92. The molecule has 0 aromatic carbocycles. The van der Waals surface area contributed by atoms with Crippen LogP contribution < -0.4 is 16.8 Å². The number of nitrogens with zero attached hydrogens (tertiary/aromatic N) is 1. The number of hydrogen-bond donors (Lipinski definition) is 3. The van der Waals surface area contributed by atoms with Gasteiger partial charge in [0.1, 0.15) is 0 Å². The van der Waals surface area contributed by atoms with E-state index in [4.69, 9.17) is 30.4 Å². The van der Waals surface area contributed by atoms with E-state index in [1.54, 1.807) is 6.92 Å². The Hall–Kier alpha value is -0.910. The van der Waals surface area contributed by atoms with Gasteiger partial charge in [-0.2, -0.15) is 11.8 Å². The summed E-state index contributed by atoms with van der Waals surface area (Å²) in [6, 6.07) is -0.537. The molecule has 0 aromatic heterocycles. The van der Waals surface area contributed by atoms with E-state index in [1.165, 1.54) is 50.7 Å². The second kappa shape index (κ2) is 29.1. The van der Waals surface area contributed by atoms with Crippen molar-refractivity contribution in [2.24, 2.45) is 16.5 Å². The number of amides is 1. The second-order valence-electron chi connectivity index (χ2n) is 9.76. The first-order valence-corrected chi connectivity index (χ1v) is 15.7. The van der Waals surface area contributed by atoms with Gasteiger partial charge in [0, 0.05) is 19.7 Å². The molecule has 1 unspecified atom stereocenters. The Balaban J connectivity index is 3.20. The monoisotopic (exact) mass is 562 g/mol. The van der Waals surface area contributed by atoms with Crippen LogP contribution in [0.2, 0.25) is 0 Å². The standard InChI is InChI=1S/C28H58N4O5S/c1-25(2)38-24-11-9-7-5-4-6-8-10-16-34-18-20-36-22-23-37-21-19-35-17-15-32-28(33)27(30)13-12-14-31-26(3)29/h25,27H,4-24,30H2,1-3H3,(H2,29,31)(H,32,33). The predicted molar refractivity (Wildman–Crippen MR) is 160 cm³/mol. The van der Waals surface area contributed by atoms with E-state index in [2.05, 4.69) is 35.9 Å². The van der Waals surface area contributed by atoms with E-state index in [0.29, 0.717) is 71.6 Å². The fourth-order valence-electron chi connectivity index (χ4n) is 3.52. The van der Waals surface area contributed by atoms with Crippen LogP contribution in [0.25, 0.3) is 0 Å². The zero-order chi connectivity index (χ0) is 28.1. The Labute approximate surface area is 236 Å². The molecule has 1 amide bonds. The molecule has 0 radical (unpaired) electrons. The molecule has 0 aliphatic heterocycles. The lowest BCUT2D eigenvalue weighted by atomic mass is 10.1. The van der Waals surface area contributed by atoms with E-state index in [1.807, 2.05) is 0 Å². The summed E-state index contributed by atoms with van der Waals surface area (Å²) < 4.78 is 22.1. The van der Waals surface area contributed by atoms with Gasteiger partial charge < -0.3 is 35.7 Å². The number of rotatable bonds is 29. The first-order chi connectivity index (χ1) is 18.4. The van der Waals surface area contributed by atoms with Crippen molar-refractivity contribution < 1.29 is 23.7 Å². The van der Waals surface area contributed by atoms with Gasteiger partial charge in [-0.05, 0) is 43.6 Å². The van der Waals surface area contributed by atoms with E-state index in [9.17, 15) is 4.79 Å². The molecule has 5 N–H and O–H groups in total. The Morgan fingerprint density at radius 1 is 0.763 bits per heavy atom. The number of carbonyl (C=O) groups excluding carboxylic acids is 1. The van der Waals surface area contributed by atoms with Crippen LogP contribution >= 0.6 is 11.8 Å². The minimum Gasteiger partial charge on any atom is -0.388 e. The molecular formula is C28H58N4O5S. The van der Waals surface area contributed by atoms with Crippen LogP contribution in [0.4, 0.5) is 0 Å². The molecule has 0 fully saturated rings. The fourth-order valence-corrected chi connectivity index (χ4v) is 4.37. The van der Waals surface area contributed by atoms with Crippen LogP contribution in [0.15, 0.2) is 4.99 Å². The molecule has 10 heteroatoms. The normalized spacial score (nSPS) is 12.8. The van der Waals surface area contributed by atoms with Crippen LogP contribution in [0.1, 0.15) is 85.0 Å². The maximum atomic E-state index is 11.9. The molecule has 0 aliphatic rings. The average Bonchev–Trinajstić information content (AvgIpc) is 2.88. The van der Waals surface area contributed by atoms with Gasteiger partial charge in [-0.3, -0.25) is 9.79 Å². The Morgan fingerprint density at radius 2 is 1.26 bits per heavy atom. The highest BCUT2D eigenvalue weighted by molar-refractivity contribution is 7.99. The van der Waals surface area contributed by atoms with Crippen molar-refractivity contribution in [1.82, 2.24) is 5.32 Å². The highest BCUT2D eigenvalue weighted by Gasteiger charge is 2.11. The smallest absolute Gasteiger partial charge is 0.236 e. The number of ether oxygens (including phenoxy) is 4. The van der Waals surface area contributed by atoms with Crippen LogP contribution in [-0.2, 0) is 23.7 Å². The van der Waals surface area contributed by atoms with Gasteiger partial charge in [0.05, 0.1) is 58.1 Å². The van der Waals surface area contributed by atoms with Crippen molar-refractivity contribution in [1.29, 1.82) is 0 Å². The van der Waals surface area contributed by atoms with E-state index in [-0.39, 0.29) is 5.91 Å². The summed E-state index contributed by atoms with van der Waals surface area (Å²) in [5, 5.41) is 3.54. The molecule has 0 aliphatic carbocycles. The second-order valence-corrected chi connectivity index (χ2v) is 11.4.